The average molecular weight is 309 g/mol. The zero-order valence-corrected chi connectivity index (χ0v) is 12.9. The van der Waals surface area contributed by atoms with Crippen LogP contribution in [0.15, 0.2) is 30.3 Å². The minimum absolute atomic E-state index is 0.0192. The summed E-state index contributed by atoms with van der Waals surface area (Å²) in [6.45, 7) is 1.01. The summed E-state index contributed by atoms with van der Waals surface area (Å²) in [5.74, 6) is -0.0779. The number of primary amides is 1. The van der Waals surface area contributed by atoms with E-state index in [4.69, 9.17) is 10.7 Å². The molecule has 1 atom stereocenters. The van der Waals surface area contributed by atoms with E-state index in [1.165, 1.54) is 0 Å². The van der Waals surface area contributed by atoms with Gasteiger partial charge in [0.1, 0.15) is 0 Å². The smallest absolute Gasteiger partial charge is 0.254 e. The quantitative estimate of drug-likeness (QED) is 0.943. The second-order valence-corrected chi connectivity index (χ2v) is 6.53. The molecule has 2 aromatic rings. The largest absolute Gasteiger partial charge is 0.369 e. The fourth-order valence-electron chi connectivity index (χ4n) is 3.31. The maximum atomic E-state index is 13.0. The lowest BCUT2D eigenvalue weighted by atomic mass is 10.0. The first-order valence-electron chi connectivity index (χ1n) is 8.12. The molecule has 4 rings (SSSR count). The third kappa shape index (κ3) is 2.56. The van der Waals surface area contributed by atoms with Gasteiger partial charge in [0.25, 0.3) is 5.91 Å². The third-order valence-electron chi connectivity index (χ3n) is 4.84. The van der Waals surface area contributed by atoms with Crippen LogP contribution in [0.2, 0.25) is 0 Å². The highest BCUT2D eigenvalue weighted by Gasteiger charge is 2.32. The lowest BCUT2D eigenvalue weighted by Gasteiger charge is -2.18. The lowest BCUT2D eigenvalue weighted by Crippen LogP contribution is -2.32. The summed E-state index contributed by atoms with van der Waals surface area (Å²) in [5.41, 5.74) is 7.95. The number of likely N-dealkylation sites (tertiary alicyclic amines) is 1. The number of carbonyl (C=O) groups excluding carboxylic acids is 2. The van der Waals surface area contributed by atoms with E-state index in [9.17, 15) is 9.59 Å². The van der Waals surface area contributed by atoms with Crippen LogP contribution in [-0.2, 0) is 4.79 Å². The van der Waals surface area contributed by atoms with Gasteiger partial charge in [0.05, 0.1) is 17.0 Å². The zero-order chi connectivity index (χ0) is 16.0. The van der Waals surface area contributed by atoms with Gasteiger partial charge >= 0.3 is 0 Å². The van der Waals surface area contributed by atoms with E-state index in [2.05, 4.69) is 0 Å². The summed E-state index contributed by atoms with van der Waals surface area (Å²) in [6, 6.07) is 9.70. The van der Waals surface area contributed by atoms with Crippen LogP contribution in [0.1, 0.15) is 41.2 Å². The number of para-hydroxylation sites is 1. The molecule has 1 saturated carbocycles. The van der Waals surface area contributed by atoms with Gasteiger partial charge in [-0.1, -0.05) is 18.2 Å². The Hall–Kier alpha value is -2.43. The van der Waals surface area contributed by atoms with Crippen LogP contribution in [0.4, 0.5) is 0 Å². The Labute approximate surface area is 134 Å². The number of nitrogens with zero attached hydrogens (tertiary/aromatic N) is 2. The summed E-state index contributed by atoms with van der Waals surface area (Å²) in [5, 5.41) is 0.879. The molecule has 1 saturated heterocycles. The van der Waals surface area contributed by atoms with E-state index in [1.807, 2.05) is 30.3 Å². The summed E-state index contributed by atoms with van der Waals surface area (Å²) in [6.07, 6.45) is 2.94. The summed E-state index contributed by atoms with van der Waals surface area (Å²) >= 11 is 0. The lowest BCUT2D eigenvalue weighted by molar-refractivity contribution is -0.121. The molecule has 1 aromatic heterocycles. The standard InChI is InChI=1S/C18H19N3O2/c19-17(22)12-7-8-21(10-12)18(23)14-9-16(11-5-6-11)20-15-4-2-1-3-13(14)15/h1-4,9,11-12H,5-8,10H2,(H2,19,22). The van der Waals surface area contributed by atoms with E-state index in [0.717, 1.165) is 29.4 Å². The molecule has 0 radical (unpaired) electrons. The van der Waals surface area contributed by atoms with Gasteiger partial charge in [-0.2, -0.15) is 0 Å². The van der Waals surface area contributed by atoms with E-state index in [1.54, 1.807) is 4.90 Å². The highest BCUT2D eigenvalue weighted by atomic mass is 16.2. The fraction of sp³-hybridized carbons (Fsp3) is 0.389. The number of nitrogens with two attached hydrogens (primary N) is 1. The van der Waals surface area contributed by atoms with E-state index in [-0.39, 0.29) is 17.7 Å². The Kier molecular flexibility index (Phi) is 3.29. The number of pyridine rings is 1. The third-order valence-corrected chi connectivity index (χ3v) is 4.84. The van der Waals surface area contributed by atoms with Crippen LogP contribution in [-0.4, -0.2) is 34.8 Å². The first kappa shape index (κ1) is 14.2. The molecule has 0 spiro atoms. The molecule has 118 valence electrons. The Bertz CT molecular complexity index is 798. The van der Waals surface area contributed by atoms with Gasteiger partial charge in [-0.3, -0.25) is 14.6 Å². The van der Waals surface area contributed by atoms with Crippen molar-refractivity contribution in [3.05, 3.63) is 41.6 Å². The molecule has 0 bridgehead atoms. The van der Waals surface area contributed by atoms with Crippen LogP contribution in [0.5, 0.6) is 0 Å². The number of benzene rings is 1. The highest BCUT2D eigenvalue weighted by Crippen LogP contribution is 2.40. The number of aromatic nitrogens is 1. The highest BCUT2D eigenvalue weighted by molar-refractivity contribution is 6.06. The molecule has 2 aliphatic rings. The van der Waals surface area contributed by atoms with Crippen molar-refractivity contribution >= 4 is 22.7 Å². The molecule has 5 heteroatoms. The normalized spacial score (nSPS) is 20.9. The average Bonchev–Trinajstić information content (AvgIpc) is 3.29. The van der Waals surface area contributed by atoms with E-state index in [0.29, 0.717) is 31.0 Å². The molecule has 1 aliphatic heterocycles. The van der Waals surface area contributed by atoms with Gasteiger partial charge in [0, 0.05) is 30.1 Å². The summed E-state index contributed by atoms with van der Waals surface area (Å²) < 4.78 is 0. The van der Waals surface area contributed by atoms with Crippen molar-refractivity contribution in [1.29, 1.82) is 0 Å². The molecule has 1 unspecified atom stereocenters. The van der Waals surface area contributed by atoms with Crippen LogP contribution < -0.4 is 5.73 Å². The maximum absolute atomic E-state index is 13.0. The van der Waals surface area contributed by atoms with Crippen molar-refractivity contribution < 1.29 is 9.59 Å². The molecule has 1 aromatic carbocycles. The van der Waals surface area contributed by atoms with Gasteiger partial charge in [-0.25, -0.2) is 0 Å². The van der Waals surface area contributed by atoms with Gasteiger partial charge in [-0.15, -0.1) is 0 Å². The van der Waals surface area contributed by atoms with Gasteiger partial charge < -0.3 is 10.6 Å². The molecule has 2 N–H and O–H groups in total. The van der Waals surface area contributed by atoms with Crippen molar-refractivity contribution in [1.82, 2.24) is 9.88 Å². The Morgan fingerprint density at radius 1 is 1.17 bits per heavy atom. The SMILES string of the molecule is NC(=O)C1CCN(C(=O)c2cc(C3CC3)nc3ccccc23)C1. The Balaban J connectivity index is 1.72. The number of hydrogen-bond donors (Lipinski definition) is 1. The van der Waals surface area contributed by atoms with Crippen molar-refractivity contribution in [3.63, 3.8) is 0 Å². The molecule has 5 nitrogen and oxygen atoms in total. The molecular weight excluding hydrogens is 290 g/mol. The van der Waals surface area contributed by atoms with Crippen molar-refractivity contribution in [3.8, 4) is 0 Å². The van der Waals surface area contributed by atoms with Crippen LogP contribution in [0, 0.1) is 5.92 Å². The van der Waals surface area contributed by atoms with Crippen molar-refractivity contribution in [2.24, 2.45) is 11.7 Å². The minimum Gasteiger partial charge on any atom is -0.369 e. The number of fused-ring (bicyclic) bond motifs is 1. The number of hydrogen-bond acceptors (Lipinski definition) is 3. The molecule has 2 amide bonds. The van der Waals surface area contributed by atoms with Crippen molar-refractivity contribution in [2.75, 3.05) is 13.1 Å². The molecule has 2 heterocycles. The Morgan fingerprint density at radius 3 is 2.65 bits per heavy atom. The van der Waals surface area contributed by atoms with E-state index < -0.39 is 0 Å². The molecule has 23 heavy (non-hydrogen) atoms. The van der Waals surface area contributed by atoms with Crippen LogP contribution >= 0.6 is 0 Å². The second-order valence-electron chi connectivity index (χ2n) is 6.53. The van der Waals surface area contributed by atoms with Gasteiger partial charge in [-0.05, 0) is 31.4 Å². The van der Waals surface area contributed by atoms with Crippen molar-refractivity contribution in [2.45, 2.75) is 25.2 Å². The second kappa shape index (κ2) is 5.33. The summed E-state index contributed by atoms with van der Waals surface area (Å²) in [4.78, 5) is 30.8. The van der Waals surface area contributed by atoms with Gasteiger partial charge in [0.2, 0.25) is 5.91 Å². The molecule has 2 fully saturated rings. The monoisotopic (exact) mass is 309 g/mol. The number of carbonyl (C=O) groups is 2. The summed E-state index contributed by atoms with van der Waals surface area (Å²) in [7, 11) is 0. The van der Waals surface area contributed by atoms with E-state index >= 15 is 0 Å². The molecular formula is C18H19N3O2. The van der Waals surface area contributed by atoms with Gasteiger partial charge in [0.15, 0.2) is 0 Å². The fourth-order valence-corrected chi connectivity index (χ4v) is 3.31. The topological polar surface area (TPSA) is 76.3 Å². The number of rotatable bonds is 3. The first-order valence-corrected chi connectivity index (χ1v) is 8.12. The first-order chi connectivity index (χ1) is 11.1. The Morgan fingerprint density at radius 2 is 1.96 bits per heavy atom. The minimum atomic E-state index is -0.321. The molecule has 1 aliphatic carbocycles. The van der Waals surface area contributed by atoms with Crippen LogP contribution in [0.3, 0.4) is 0 Å². The predicted molar refractivity (Wildman–Crippen MR) is 86.9 cm³/mol. The predicted octanol–water partition coefficient (Wildman–Crippen LogP) is 2.06. The number of amides is 2. The van der Waals surface area contributed by atoms with Crippen LogP contribution in [0.25, 0.3) is 10.9 Å². The maximum Gasteiger partial charge on any atom is 0.254 e. The zero-order valence-electron chi connectivity index (χ0n) is 12.9.